The number of aromatic nitrogens is 5. The summed E-state index contributed by atoms with van der Waals surface area (Å²) in [5, 5.41) is 16.7. The highest BCUT2D eigenvalue weighted by Crippen LogP contribution is 2.06. The smallest absolute Gasteiger partial charge is 0.332 e. The van der Waals surface area contributed by atoms with Gasteiger partial charge in [-0.25, -0.2) is 9.78 Å². The number of nitrogens with zero attached hydrogens (tertiary/aromatic N) is 5. The minimum Gasteiger partial charge on any atom is -0.385 e. The number of aryl methyl sites for hydroxylation is 1. The number of aliphatic hydroxyl groups is 1. The first-order valence-corrected chi connectivity index (χ1v) is 4.92. The molecule has 17 heavy (non-hydrogen) atoms. The Balaban J connectivity index is 2.97. The summed E-state index contributed by atoms with van der Waals surface area (Å²) in [5.74, 6) is 0.0493. The Hall–Kier alpha value is -2.09. The van der Waals surface area contributed by atoms with Gasteiger partial charge in [0, 0.05) is 14.1 Å². The van der Waals surface area contributed by atoms with Crippen molar-refractivity contribution in [2.45, 2.75) is 13.0 Å². The number of fused-ring (bicyclic) bond motifs is 1. The summed E-state index contributed by atoms with van der Waals surface area (Å²) in [6, 6.07) is 0. The van der Waals surface area contributed by atoms with E-state index in [9.17, 15) is 14.7 Å². The molecule has 2 aromatic rings. The van der Waals surface area contributed by atoms with E-state index in [4.69, 9.17) is 0 Å². The fourth-order valence-corrected chi connectivity index (χ4v) is 1.44. The second kappa shape index (κ2) is 3.74. The maximum atomic E-state index is 11.8. The molecular weight excluding hydrogens is 226 g/mol. The molecule has 8 nitrogen and oxygen atoms in total. The first kappa shape index (κ1) is 11.4. The van der Waals surface area contributed by atoms with Crippen LogP contribution in [0.15, 0.2) is 9.59 Å². The molecule has 0 bridgehead atoms. The maximum Gasteiger partial charge on any atom is 0.332 e. The topological polar surface area (TPSA) is 103 Å². The van der Waals surface area contributed by atoms with Crippen molar-refractivity contribution in [3.8, 4) is 0 Å². The van der Waals surface area contributed by atoms with Crippen LogP contribution in [0.1, 0.15) is 18.9 Å². The van der Waals surface area contributed by atoms with E-state index in [1.807, 2.05) is 0 Å². The van der Waals surface area contributed by atoms with Gasteiger partial charge in [0.1, 0.15) is 6.10 Å². The summed E-state index contributed by atoms with van der Waals surface area (Å²) in [4.78, 5) is 27.3. The molecule has 8 heteroatoms. The van der Waals surface area contributed by atoms with Crippen LogP contribution < -0.4 is 11.2 Å². The van der Waals surface area contributed by atoms with Crippen molar-refractivity contribution in [2.75, 3.05) is 0 Å². The SMILES string of the molecule is CC(O)c1nnc2c(n1)c(=O)n(C)c(=O)n2C. The van der Waals surface area contributed by atoms with Gasteiger partial charge in [0.25, 0.3) is 5.56 Å². The second-order valence-electron chi connectivity index (χ2n) is 3.72. The van der Waals surface area contributed by atoms with Crippen molar-refractivity contribution in [2.24, 2.45) is 14.1 Å². The van der Waals surface area contributed by atoms with E-state index in [2.05, 4.69) is 15.2 Å². The molecule has 1 atom stereocenters. The first-order valence-electron chi connectivity index (χ1n) is 4.92. The molecule has 1 N–H and O–H groups in total. The van der Waals surface area contributed by atoms with E-state index >= 15 is 0 Å². The quantitative estimate of drug-likeness (QED) is 0.645. The zero-order chi connectivity index (χ0) is 12.7. The van der Waals surface area contributed by atoms with Gasteiger partial charge in [-0.2, -0.15) is 0 Å². The number of hydrogen-bond acceptors (Lipinski definition) is 6. The van der Waals surface area contributed by atoms with Crippen molar-refractivity contribution < 1.29 is 5.11 Å². The summed E-state index contributed by atoms with van der Waals surface area (Å²) in [6.45, 7) is 1.47. The highest BCUT2D eigenvalue weighted by molar-refractivity contribution is 5.67. The van der Waals surface area contributed by atoms with Crippen LogP contribution in [0, 0.1) is 0 Å². The molecule has 2 aromatic heterocycles. The number of aliphatic hydroxyl groups excluding tert-OH is 1. The maximum absolute atomic E-state index is 11.8. The fourth-order valence-electron chi connectivity index (χ4n) is 1.44. The third-order valence-corrected chi connectivity index (χ3v) is 2.46. The van der Waals surface area contributed by atoms with Gasteiger partial charge in [-0.15, -0.1) is 10.2 Å². The van der Waals surface area contributed by atoms with Crippen LogP contribution in [0.3, 0.4) is 0 Å². The minimum absolute atomic E-state index is 0.0144. The van der Waals surface area contributed by atoms with Gasteiger partial charge in [0.15, 0.2) is 17.0 Å². The molecule has 0 aliphatic heterocycles. The highest BCUT2D eigenvalue weighted by atomic mass is 16.3. The molecule has 0 radical (unpaired) electrons. The Morgan fingerprint density at radius 1 is 1.18 bits per heavy atom. The van der Waals surface area contributed by atoms with Crippen LogP contribution in [0.25, 0.3) is 11.2 Å². The Kier molecular flexibility index (Phi) is 2.50. The van der Waals surface area contributed by atoms with Gasteiger partial charge in [0.2, 0.25) is 0 Å². The van der Waals surface area contributed by atoms with Crippen molar-refractivity contribution in [1.82, 2.24) is 24.3 Å². The van der Waals surface area contributed by atoms with Gasteiger partial charge in [0.05, 0.1) is 0 Å². The Morgan fingerprint density at radius 2 is 1.82 bits per heavy atom. The Morgan fingerprint density at radius 3 is 2.41 bits per heavy atom. The Bertz CT molecular complexity index is 700. The lowest BCUT2D eigenvalue weighted by Gasteiger charge is -2.07. The lowest BCUT2D eigenvalue weighted by molar-refractivity contribution is 0.188. The van der Waals surface area contributed by atoms with E-state index in [0.29, 0.717) is 0 Å². The Labute approximate surface area is 95.2 Å². The van der Waals surface area contributed by atoms with Crippen LogP contribution in [-0.4, -0.2) is 29.4 Å². The van der Waals surface area contributed by atoms with Gasteiger partial charge in [-0.3, -0.25) is 13.9 Å². The fraction of sp³-hybridized carbons (Fsp3) is 0.444. The molecule has 0 aliphatic rings. The van der Waals surface area contributed by atoms with Gasteiger partial charge in [-0.05, 0) is 6.92 Å². The zero-order valence-corrected chi connectivity index (χ0v) is 9.58. The molecule has 2 heterocycles. The normalized spacial score (nSPS) is 12.9. The van der Waals surface area contributed by atoms with Crippen molar-refractivity contribution in [1.29, 1.82) is 0 Å². The number of hydrogen-bond donors (Lipinski definition) is 1. The largest absolute Gasteiger partial charge is 0.385 e. The van der Waals surface area contributed by atoms with Crippen LogP contribution in [0.2, 0.25) is 0 Å². The minimum atomic E-state index is -0.922. The third kappa shape index (κ3) is 1.62. The first-order chi connectivity index (χ1) is 7.93. The van der Waals surface area contributed by atoms with E-state index in [0.717, 1.165) is 4.57 Å². The summed E-state index contributed by atoms with van der Waals surface area (Å²) in [5.41, 5.74) is -0.939. The summed E-state index contributed by atoms with van der Waals surface area (Å²) >= 11 is 0. The summed E-state index contributed by atoms with van der Waals surface area (Å²) in [6.07, 6.45) is -0.922. The zero-order valence-electron chi connectivity index (χ0n) is 9.58. The second-order valence-corrected chi connectivity index (χ2v) is 3.72. The van der Waals surface area contributed by atoms with Crippen LogP contribution in [0.4, 0.5) is 0 Å². The lowest BCUT2D eigenvalue weighted by Crippen LogP contribution is -2.38. The van der Waals surface area contributed by atoms with E-state index in [1.165, 1.54) is 25.6 Å². The lowest BCUT2D eigenvalue weighted by atomic mass is 10.4. The molecular formula is C9H11N5O3. The average molecular weight is 237 g/mol. The van der Waals surface area contributed by atoms with Crippen LogP contribution in [0.5, 0.6) is 0 Å². The molecule has 1 unspecified atom stereocenters. The van der Waals surface area contributed by atoms with Gasteiger partial charge in [-0.1, -0.05) is 0 Å². The van der Waals surface area contributed by atoms with Crippen molar-refractivity contribution >= 4 is 11.2 Å². The molecule has 0 aliphatic carbocycles. The van der Waals surface area contributed by atoms with Crippen LogP contribution in [-0.2, 0) is 14.1 Å². The molecule has 0 amide bonds. The van der Waals surface area contributed by atoms with E-state index in [-0.39, 0.29) is 17.0 Å². The van der Waals surface area contributed by atoms with Crippen molar-refractivity contribution in [3.63, 3.8) is 0 Å². The predicted molar refractivity (Wildman–Crippen MR) is 58.4 cm³/mol. The molecule has 90 valence electrons. The molecule has 0 saturated carbocycles. The van der Waals surface area contributed by atoms with Crippen LogP contribution >= 0.6 is 0 Å². The highest BCUT2D eigenvalue weighted by Gasteiger charge is 2.14. The molecule has 0 saturated heterocycles. The van der Waals surface area contributed by atoms with Gasteiger partial charge < -0.3 is 5.11 Å². The van der Waals surface area contributed by atoms with E-state index in [1.54, 1.807) is 0 Å². The summed E-state index contributed by atoms with van der Waals surface area (Å²) in [7, 11) is 2.83. The monoisotopic (exact) mass is 237 g/mol. The van der Waals surface area contributed by atoms with Crippen molar-refractivity contribution in [3.05, 3.63) is 26.7 Å². The standard InChI is InChI=1S/C9H11N5O3/c1-4(15)6-10-5-7(12-11-6)13(2)9(17)14(3)8(5)16/h4,15H,1-3H3. The molecule has 0 aromatic carbocycles. The summed E-state index contributed by atoms with van der Waals surface area (Å²) < 4.78 is 2.12. The molecule has 2 rings (SSSR count). The molecule has 0 fully saturated rings. The van der Waals surface area contributed by atoms with Gasteiger partial charge >= 0.3 is 5.69 Å². The number of rotatable bonds is 1. The molecule has 0 spiro atoms. The van der Waals surface area contributed by atoms with E-state index < -0.39 is 17.4 Å². The predicted octanol–water partition coefficient (Wildman–Crippen LogP) is -1.52. The third-order valence-electron chi connectivity index (χ3n) is 2.46. The average Bonchev–Trinajstić information content (AvgIpc) is 2.32.